The molecule has 0 amide bonds. The third-order valence-electron chi connectivity index (χ3n) is 4.16. The lowest BCUT2D eigenvalue weighted by Gasteiger charge is -2.14. The number of hydrogen-bond acceptors (Lipinski definition) is 3. The van der Waals surface area contributed by atoms with E-state index in [1.54, 1.807) is 11.8 Å². The smallest absolute Gasteiger partial charge is 0.306 e. The molecule has 1 aromatic carbocycles. The number of rotatable bonds is 11. The van der Waals surface area contributed by atoms with Gasteiger partial charge in [-0.05, 0) is 42.0 Å². The van der Waals surface area contributed by atoms with E-state index in [0.29, 0.717) is 24.9 Å². The predicted octanol–water partition coefficient (Wildman–Crippen LogP) is 6.81. The van der Waals surface area contributed by atoms with Gasteiger partial charge in [0.1, 0.15) is 0 Å². The molecule has 0 saturated heterocycles. The second kappa shape index (κ2) is 12.0. The average Bonchev–Trinajstić information content (AvgIpc) is 2.54. The average molecular weight is 415 g/mol. The van der Waals surface area contributed by atoms with Crippen molar-refractivity contribution in [3.8, 4) is 0 Å². The highest BCUT2D eigenvalue weighted by atomic mass is 79.9. The quantitative estimate of drug-likeness (QED) is 0.293. The highest BCUT2D eigenvalue weighted by Gasteiger charge is 2.10. The summed E-state index contributed by atoms with van der Waals surface area (Å²) in [7, 11) is 0. The van der Waals surface area contributed by atoms with Gasteiger partial charge in [0.05, 0.1) is 13.0 Å². The molecular weight excluding hydrogens is 384 g/mol. The molecule has 4 heteroatoms. The van der Waals surface area contributed by atoms with Crippen LogP contribution in [0.5, 0.6) is 0 Å². The summed E-state index contributed by atoms with van der Waals surface area (Å²) in [5, 5.41) is 0. The van der Waals surface area contributed by atoms with Crippen molar-refractivity contribution in [1.29, 1.82) is 0 Å². The minimum absolute atomic E-state index is 0.0727. The van der Waals surface area contributed by atoms with Gasteiger partial charge in [0.25, 0.3) is 0 Å². The third-order valence-corrected chi connectivity index (χ3v) is 5.59. The molecule has 0 saturated carbocycles. The predicted molar refractivity (Wildman–Crippen MR) is 108 cm³/mol. The number of benzene rings is 1. The van der Waals surface area contributed by atoms with Crippen LogP contribution in [0.15, 0.2) is 27.6 Å². The number of hydrogen-bond donors (Lipinski definition) is 0. The summed E-state index contributed by atoms with van der Waals surface area (Å²) >= 11 is 5.28. The monoisotopic (exact) mass is 414 g/mol. The van der Waals surface area contributed by atoms with Crippen LogP contribution < -0.4 is 0 Å². The van der Waals surface area contributed by atoms with E-state index in [1.807, 2.05) is 0 Å². The molecule has 0 fully saturated rings. The molecule has 0 radical (unpaired) electrons. The Balaban J connectivity index is 2.35. The largest absolute Gasteiger partial charge is 0.465 e. The zero-order valence-corrected chi connectivity index (χ0v) is 17.8. The van der Waals surface area contributed by atoms with Gasteiger partial charge in [-0.2, -0.15) is 0 Å². The van der Waals surface area contributed by atoms with Crippen LogP contribution in [0.2, 0.25) is 0 Å². The van der Waals surface area contributed by atoms with E-state index in [2.05, 4.69) is 61.8 Å². The van der Waals surface area contributed by atoms with Gasteiger partial charge < -0.3 is 4.74 Å². The van der Waals surface area contributed by atoms with Crippen molar-refractivity contribution in [2.24, 2.45) is 5.92 Å². The van der Waals surface area contributed by atoms with E-state index in [-0.39, 0.29) is 5.97 Å². The molecule has 0 heterocycles. The Kier molecular flexibility index (Phi) is 10.8. The second-order valence-corrected chi connectivity index (χ2v) is 8.66. The Bertz CT molecular complexity index is 502. The minimum atomic E-state index is -0.0727. The normalized spacial score (nSPS) is 12.4. The maximum Gasteiger partial charge on any atom is 0.306 e. The Morgan fingerprint density at radius 2 is 2.00 bits per heavy atom. The summed E-state index contributed by atoms with van der Waals surface area (Å²) in [6.45, 7) is 9.33. The van der Waals surface area contributed by atoms with Crippen LogP contribution in [-0.4, -0.2) is 18.3 Å². The summed E-state index contributed by atoms with van der Waals surface area (Å²) in [5.74, 6) is 1.70. The fraction of sp³-hybridized carbons (Fsp3) is 0.650. The molecule has 1 aromatic rings. The lowest BCUT2D eigenvalue weighted by atomic mass is 10.0. The number of unbranched alkanes of at least 4 members (excludes halogenated alkanes) is 1. The fourth-order valence-corrected chi connectivity index (χ4v) is 4.03. The topological polar surface area (TPSA) is 26.3 Å². The van der Waals surface area contributed by atoms with Gasteiger partial charge in [0.15, 0.2) is 0 Å². The maximum atomic E-state index is 11.9. The van der Waals surface area contributed by atoms with Crippen LogP contribution >= 0.6 is 27.7 Å². The van der Waals surface area contributed by atoms with Gasteiger partial charge >= 0.3 is 5.97 Å². The summed E-state index contributed by atoms with van der Waals surface area (Å²) in [4.78, 5) is 13.1. The molecule has 0 spiro atoms. The van der Waals surface area contributed by atoms with E-state index in [4.69, 9.17) is 4.74 Å². The van der Waals surface area contributed by atoms with Crippen LogP contribution in [0.25, 0.3) is 0 Å². The van der Waals surface area contributed by atoms with Crippen LogP contribution in [0, 0.1) is 5.92 Å². The van der Waals surface area contributed by atoms with E-state index >= 15 is 0 Å². The molecule has 1 rings (SSSR count). The first kappa shape index (κ1) is 21.6. The van der Waals surface area contributed by atoms with Crippen LogP contribution in [0.1, 0.15) is 71.3 Å². The van der Waals surface area contributed by atoms with Crippen LogP contribution in [0.3, 0.4) is 0 Å². The van der Waals surface area contributed by atoms with Crippen molar-refractivity contribution in [2.75, 3.05) is 12.4 Å². The molecule has 0 aromatic heterocycles. The summed E-state index contributed by atoms with van der Waals surface area (Å²) in [5.41, 5.74) is 1.32. The molecule has 136 valence electrons. The van der Waals surface area contributed by atoms with Gasteiger partial charge in [0.2, 0.25) is 0 Å². The molecule has 1 atom stereocenters. The summed E-state index contributed by atoms with van der Waals surface area (Å²) < 4.78 is 6.55. The van der Waals surface area contributed by atoms with Gasteiger partial charge in [-0.1, -0.05) is 62.9 Å². The number of carbonyl (C=O) groups is 1. The lowest BCUT2D eigenvalue weighted by Crippen LogP contribution is -2.14. The Labute approximate surface area is 160 Å². The van der Waals surface area contributed by atoms with Gasteiger partial charge in [-0.15, -0.1) is 11.8 Å². The second-order valence-electron chi connectivity index (χ2n) is 6.57. The van der Waals surface area contributed by atoms with Crippen molar-refractivity contribution in [3.63, 3.8) is 0 Å². The molecule has 0 aliphatic heterocycles. The summed E-state index contributed by atoms with van der Waals surface area (Å²) in [6.07, 6.45) is 5.13. The Morgan fingerprint density at radius 3 is 2.62 bits per heavy atom. The van der Waals surface area contributed by atoms with E-state index in [1.165, 1.54) is 23.3 Å². The zero-order valence-electron chi connectivity index (χ0n) is 15.4. The Hall–Kier alpha value is -0.480. The zero-order chi connectivity index (χ0) is 17.9. The molecule has 2 nitrogen and oxygen atoms in total. The van der Waals surface area contributed by atoms with Gasteiger partial charge in [-0.3, -0.25) is 4.79 Å². The van der Waals surface area contributed by atoms with Crippen LogP contribution in [0.4, 0.5) is 0 Å². The van der Waals surface area contributed by atoms with Crippen molar-refractivity contribution in [1.82, 2.24) is 0 Å². The highest BCUT2D eigenvalue weighted by molar-refractivity contribution is 9.10. The van der Waals surface area contributed by atoms with Crippen molar-refractivity contribution >= 4 is 33.7 Å². The SMILES string of the molecule is CCCCC(CC)COC(=O)CCSc1cc(Br)cc(C(C)C)c1. The first-order valence-corrected chi connectivity index (χ1v) is 10.8. The highest BCUT2D eigenvalue weighted by Crippen LogP contribution is 2.28. The van der Waals surface area contributed by atoms with Crippen molar-refractivity contribution < 1.29 is 9.53 Å². The molecule has 24 heavy (non-hydrogen) atoms. The van der Waals surface area contributed by atoms with E-state index in [0.717, 1.165) is 23.1 Å². The Morgan fingerprint density at radius 1 is 1.25 bits per heavy atom. The maximum absolute atomic E-state index is 11.9. The molecule has 0 N–H and O–H groups in total. The van der Waals surface area contributed by atoms with Crippen molar-refractivity contribution in [2.45, 2.75) is 70.6 Å². The van der Waals surface area contributed by atoms with Gasteiger partial charge in [0, 0.05) is 15.1 Å². The first-order valence-electron chi connectivity index (χ1n) is 9.05. The molecule has 0 aliphatic carbocycles. The van der Waals surface area contributed by atoms with Crippen LogP contribution in [-0.2, 0) is 9.53 Å². The fourth-order valence-electron chi connectivity index (χ4n) is 2.43. The minimum Gasteiger partial charge on any atom is -0.465 e. The summed E-state index contributed by atoms with van der Waals surface area (Å²) in [6, 6.07) is 6.48. The number of ether oxygens (including phenoxy) is 1. The van der Waals surface area contributed by atoms with E-state index in [9.17, 15) is 4.79 Å². The number of carbonyl (C=O) groups excluding carboxylic acids is 1. The molecule has 1 unspecified atom stereocenters. The molecule has 0 bridgehead atoms. The lowest BCUT2D eigenvalue weighted by molar-refractivity contribution is -0.144. The number of halogens is 1. The number of thioether (sulfide) groups is 1. The number of esters is 1. The molecule has 0 aliphatic rings. The molecular formula is C20H31BrO2S. The third kappa shape index (κ3) is 8.57. The standard InChI is InChI=1S/C20H31BrO2S/c1-5-7-8-16(6-2)14-23-20(22)9-10-24-19-12-17(15(3)4)11-18(21)13-19/h11-13,15-16H,5-10,14H2,1-4H3. The van der Waals surface area contributed by atoms with Crippen molar-refractivity contribution in [3.05, 3.63) is 28.2 Å². The van der Waals surface area contributed by atoms with Gasteiger partial charge in [-0.25, -0.2) is 0 Å². The van der Waals surface area contributed by atoms with E-state index < -0.39 is 0 Å². The first-order chi connectivity index (χ1) is 11.5.